The van der Waals surface area contributed by atoms with Crippen molar-refractivity contribution >= 4 is 11.9 Å². The van der Waals surface area contributed by atoms with Crippen LogP contribution in [0.5, 0.6) is 11.5 Å². The van der Waals surface area contributed by atoms with E-state index in [4.69, 9.17) is 34.0 Å². The predicted molar refractivity (Wildman–Crippen MR) is 80.9 cm³/mol. The van der Waals surface area contributed by atoms with Crippen molar-refractivity contribution in [3.8, 4) is 11.5 Å². The van der Waals surface area contributed by atoms with Gasteiger partial charge in [-0.2, -0.15) is 0 Å². The Morgan fingerprint density at radius 1 is 1.13 bits per heavy atom. The molecule has 0 unspecified atom stereocenters. The quantitative estimate of drug-likeness (QED) is 0.581. The number of carboxylic acid groups (broad SMARTS) is 2. The standard InChI is InChI=1S/C13H19NO3.C2H2O4/c1-14(2)6-8-15-7-5-11-3-4-12-13(9-11)17-10-16-12;3-1(4)2(5)6/h3-4,9H,5-8,10H2,1-2H3;(H,3,4)(H,5,6). The first-order valence-electron chi connectivity index (χ1n) is 6.97. The first kappa shape index (κ1) is 18.7. The third-order valence-corrected chi connectivity index (χ3v) is 2.84. The molecule has 0 atom stereocenters. The molecule has 0 saturated carbocycles. The Morgan fingerprint density at radius 2 is 1.78 bits per heavy atom. The Morgan fingerprint density at radius 3 is 2.39 bits per heavy atom. The molecule has 1 aromatic carbocycles. The molecule has 0 aliphatic carbocycles. The molecule has 0 fully saturated rings. The summed E-state index contributed by atoms with van der Waals surface area (Å²) in [6.07, 6.45) is 0.907. The highest BCUT2D eigenvalue weighted by Crippen LogP contribution is 2.32. The summed E-state index contributed by atoms with van der Waals surface area (Å²) < 4.78 is 16.1. The van der Waals surface area contributed by atoms with Crippen LogP contribution in [0.3, 0.4) is 0 Å². The molecule has 1 aromatic rings. The summed E-state index contributed by atoms with van der Waals surface area (Å²) >= 11 is 0. The maximum absolute atomic E-state index is 9.10. The van der Waals surface area contributed by atoms with Gasteiger partial charge in [0.15, 0.2) is 11.5 Å². The lowest BCUT2D eigenvalue weighted by Crippen LogP contribution is -2.18. The highest BCUT2D eigenvalue weighted by Gasteiger charge is 2.12. The average molecular weight is 327 g/mol. The summed E-state index contributed by atoms with van der Waals surface area (Å²) in [7, 11) is 4.09. The molecule has 0 amide bonds. The normalized spacial score (nSPS) is 11.8. The number of aliphatic carboxylic acids is 2. The van der Waals surface area contributed by atoms with E-state index in [1.54, 1.807) is 0 Å². The highest BCUT2D eigenvalue weighted by atomic mass is 16.7. The van der Waals surface area contributed by atoms with Crippen LogP contribution in [0.25, 0.3) is 0 Å². The van der Waals surface area contributed by atoms with Crippen LogP contribution in [-0.2, 0) is 20.7 Å². The van der Waals surface area contributed by atoms with Gasteiger partial charge in [-0.3, -0.25) is 0 Å². The van der Waals surface area contributed by atoms with Crippen molar-refractivity contribution in [1.82, 2.24) is 4.90 Å². The fraction of sp³-hybridized carbons (Fsp3) is 0.467. The molecule has 0 radical (unpaired) electrons. The number of benzene rings is 1. The average Bonchev–Trinajstić information content (AvgIpc) is 2.94. The third-order valence-electron chi connectivity index (χ3n) is 2.84. The zero-order valence-corrected chi connectivity index (χ0v) is 13.2. The van der Waals surface area contributed by atoms with Crippen LogP contribution >= 0.6 is 0 Å². The van der Waals surface area contributed by atoms with E-state index in [1.807, 2.05) is 26.2 Å². The van der Waals surface area contributed by atoms with Crippen LogP contribution in [0.1, 0.15) is 5.56 Å². The molecule has 23 heavy (non-hydrogen) atoms. The number of carboxylic acids is 2. The molecular formula is C15H21NO7. The monoisotopic (exact) mass is 327 g/mol. The summed E-state index contributed by atoms with van der Waals surface area (Å²) in [6, 6.07) is 6.04. The summed E-state index contributed by atoms with van der Waals surface area (Å²) in [4.78, 5) is 20.3. The summed E-state index contributed by atoms with van der Waals surface area (Å²) in [5, 5.41) is 14.8. The van der Waals surface area contributed by atoms with Gasteiger partial charge in [0.25, 0.3) is 0 Å². The van der Waals surface area contributed by atoms with Crippen molar-refractivity contribution in [2.45, 2.75) is 6.42 Å². The molecule has 1 aliphatic rings. The predicted octanol–water partition coefficient (Wildman–Crippen LogP) is 0.692. The smallest absolute Gasteiger partial charge is 0.414 e. The Labute approximate surface area is 134 Å². The number of ether oxygens (including phenoxy) is 3. The van der Waals surface area contributed by atoms with Gasteiger partial charge in [0.05, 0.1) is 13.2 Å². The number of carbonyl (C=O) groups is 2. The SMILES string of the molecule is CN(C)CCOCCc1ccc2c(c1)OCO2.O=C(O)C(=O)O. The maximum atomic E-state index is 9.10. The fourth-order valence-corrected chi connectivity index (χ4v) is 1.64. The van der Waals surface area contributed by atoms with E-state index in [2.05, 4.69) is 11.0 Å². The molecule has 2 rings (SSSR count). The lowest BCUT2D eigenvalue weighted by atomic mass is 10.1. The third kappa shape index (κ3) is 7.48. The van der Waals surface area contributed by atoms with Crippen molar-refractivity contribution < 1.29 is 34.0 Å². The zero-order chi connectivity index (χ0) is 17.2. The van der Waals surface area contributed by atoms with Gasteiger partial charge in [0, 0.05) is 6.54 Å². The van der Waals surface area contributed by atoms with Gasteiger partial charge in [0.2, 0.25) is 6.79 Å². The van der Waals surface area contributed by atoms with Crippen LogP contribution in [-0.4, -0.2) is 67.7 Å². The minimum atomic E-state index is -1.82. The van der Waals surface area contributed by atoms with Crippen LogP contribution in [0, 0.1) is 0 Å². The molecule has 0 spiro atoms. The second kappa shape index (κ2) is 9.65. The van der Waals surface area contributed by atoms with Crippen molar-refractivity contribution in [1.29, 1.82) is 0 Å². The van der Waals surface area contributed by atoms with E-state index in [-0.39, 0.29) is 0 Å². The Kier molecular flexibility index (Phi) is 7.86. The van der Waals surface area contributed by atoms with E-state index in [0.29, 0.717) is 6.79 Å². The summed E-state index contributed by atoms with van der Waals surface area (Å²) in [5.41, 5.74) is 1.22. The second-order valence-corrected chi connectivity index (χ2v) is 4.96. The highest BCUT2D eigenvalue weighted by molar-refractivity contribution is 6.27. The van der Waals surface area contributed by atoms with Crippen LogP contribution in [0.2, 0.25) is 0 Å². The number of hydrogen-bond donors (Lipinski definition) is 2. The number of hydrogen-bond acceptors (Lipinski definition) is 6. The van der Waals surface area contributed by atoms with Gasteiger partial charge in [-0.1, -0.05) is 6.07 Å². The molecule has 0 bridgehead atoms. The summed E-state index contributed by atoms with van der Waals surface area (Å²) in [6.45, 7) is 2.81. The van der Waals surface area contributed by atoms with Gasteiger partial charge in [0.1, 0.15) is 0 Å². The molecule has 1 heterocycles. The van der Waals surface area contributed by atoms with Gasteiger partial charge < -0.3 is 29.3 Å². The molecule has 8 nitrogen and oxygen atoms in total. The zero-order valence-electron chi connectivity index (χ0n) is 13.2. The Balaban J connectivity index is 0.000000379. The number of nitrogens with zero attached hydrogens (tertiary/aromatic N) is 1. The number of rotatable bonds is 6. The van der Waals surface area contributed by atoms with E-state index in [1.165, 1.54) is 5.56 Å². The van der Waals surface area contributed by atoms with Crippen LogP contribution < -0.4 is 9.47 Å². The molecule has 128 valence electrons. The minimum Gasteiger partial charge on any atom is -0.473 e. The second-order valence-electron chi connectivity index (χ2n) is 4.96. The topological polar surface area (TPSA) is 106 Å². The van der Waals surface area contributed by atoms with Crippen molar-refractivity contribution in [2.24, 2.45) is 0 Å². The summed E-state index contributed by atoms with van der Waals surface area (Å²) in [5.74, 6) is -1.97. The first-order valence-corrected chi connectivity index (χ1v) is 6.97. The molecular weight excluding hydrogens is 306 g/mol. The van der Waals surface area contributed by atoms with Crippen LogP contribution in [0.4, 0.5) is 0 Å². The number of likely N-dealkylation sites (N-methyl/N-ethyl adjacent to an activating group) is 1. The Hall–Kier alpha value is -2.32. The van der Waals surface area contributed by atoms with Crippen LogP contribution in [0.15, 0.2) is 18.2 Å². The number of fused-ring (bicyclic) bond motifs is 1. The van der Waals surface area contributed by atoms with Gasteiger partial charge in [-0.15, -0.1) is 0 Å². The van der Waals surface area contributed by atoms with Crippen molar-refractivity contribution in [3.63, 3.8) is 0 Å². The lowest BCUT2D eigenvalue weighted by molar-refractivity contribution is -0.159. The Bertz CT molecular complexity index is 519. The van der Waals surface area contributed by atoms with E-state index >= 15 is 0 Å². The minimum absolute atomic E-state index is 0.331. The van der Waals surface area contributed by atoms with E-state index in [9.17, 15) is 0 Å². The lowest BCUT2D eigenvalue weighted by Gasteiger charge is -2.09. The van der Waals surface area contributed by atoms with Gasteiger partial charge in [-0.25, -0.2) is 9.59 Å². The molecule has 0 saturated heterocycles. The molecule has 2 N–H and O–H groups in total. The van der Waals surface area contributed by atoms with Crippen molar-refractivity contribution in [3.05, 3.63) is 23.8 Å². The fourth-order valence-electron chi connectivity index (χ4n) is 1.64. The van der Waals surface area contributed by atoms with Crippen molar-refractivity contribution in [2.75, 3.05) is 40.6 Å². The largest absolute Gasteiger partial charge is 0.473 e. The van der Waals surface area contributed by atoms with Gasteiger partial charge >= 0.3 is 11.9 Å². The molecule has 1 aliphatic heterocycles. The first-order chi connectivity index (χ1) is 10.9. The van der Waals surface area contributed by atoms with Gasteiger partial charge in [-0.05, 0) is 38.2 Å². The van der Waals surface area contributed by atoms with E-state index < -0.39 is 11.9 Å². The molecule has 0 aromatic heterocycles. The maximum Gasteiger partial charge on any atom is 0.414 e. The van der Waals surface area contributed by atoms with E-state index in [0.717, 1.165) is 37.7 Å². The molecule has 8 heteroatoms.